The monoisotopic (exact) mass is 401 g/mol. The van der Waals surface area contributed by atoms with Crippen molar-refractivity contribution in [1.82, 2.24) is 14.4 Å². The van der Waals surface area contributed by atoms with E-state index in [1.54, 1.807) is 17.7 Å². The fraction of sp³-hybridized carbons (Fsp3) is 0.682. The van der Waals surface area contributed by atoms with Crippen LogP contribution in [0.3, 0.4) is 0 Å². The second-order valence-corrected chi connectivity index (χ2v) is 8.87. The average Bonchev–Trinajstić information content (AvgIpc) is 2.72. The summed E-state index contributed by atoms with van der Waals surface area (Å²) >= 11 is 0. The van der Waals surface area contributed by atoms with E-state index in [-0.39, 0.29) is 23.4 Å². The quantitative estimate of drug-likeness (QED) is 0.710. The summed E-state index contributed by atoms with van der Waals surface area (Å²) in [4.78, 5) is 40.8. The summed E-state index contributed by atoms with van der Waals surface area (Å²) in [6.45, 7) is 3.58. The van der Waals surface area contributed by atoms with Crippen molar-refractivity contribution in [3.63, 3.8) is 0 Å². The predicted molar refractivity (Wildman–Crippen MR) is 108 cm³/mol. The second kappa shape index (κ2) is 8.30. The number of hydrogen-bond acceptors (Lipinski definition) is 5. The number of amides is 1. The van der Waals surface area contributed by atoms with Gasteiger partial charge in [0.15, 0.2) is 0 Å². The van der Waals surface area contributed by atoms with Gasteiger partial charge in [-0.05, 0) is 61.6 Å². The van der Waals surface area contributed by atoms with E-state index in [9.17, 15) is 14.4 Å². The first-order valence-corrected chi connectivity index (χ1v) is 10.7. The van der Waals surface area contributed by atoms with Crippen LogP contribution >= 0.6 is 0 Å². The average molecular weight is 402 g/mol. The molecule has 1 amide bonds. The van der Waals surface area contributed by atoms with Crippen LogP contribution in [0.4, 0.5) is 0 Å². The minimum Gasteiger partial charge on any atom is -0.468 e. The molecule has 1 aromatic heterocycles. The molecule has 0 unspecified atom stereocenters. The number of ether oxygens (including phenoxy) is 1. The Bertz CT molecular complexity index is 828. The number of fused-ring (bicyclic) bond motifs is 1. The SMILES string of the molecule is COC(=O)CN1CC[C@@H]2C[C@@H](C(=O)N3CCC(c4ccn(C)c(=O)c4)CC3)[C@@H]2C1. The van der Waals surface area contributed by atoms with Crippen LogP contribution in [0.1, 0.15) is 37.2 Å². The molecule has 7 nitrogen and oxygen atoms in total. The Labute approximate surface area is 171 Å². The van der Waals surface area contributed by atoms with Crippen LogP contribution in [0, 0.1) is 17.8 Å². The van der Waals surface area contributed by atoms with E-state index < -0.39 is 0 Å². The molecule has 0 spiro atoms. The lowest BCUT2D eigenvalue weighted by molar-refractivity contribution is -0.151. The maximum Gasteiger partial charge on any atom is 0.319 e. The standard InChI is InChI=1S/C22H31N3O4/c1-23-7-3-16(12-20(23)26)15-5-9-25(10-6-15)22(28)18-11-17-4-8-24(13-19(17)18)14-21(27)29-2/h3,7,12,15,17-19H,4-6,8-11,13-14H2,1-2H3/t17-,18-,19-/m1/s1. The van der Waals surface area contributed by atoms with E-state index in [1.807, 2.05) is 17.2 Å². The molecule has 0 aromatic carbocycles. The molecule has 158 valence electrons. The third kappa shape index (κ3) is 4.10. The third-order valence-corrected chi connectivity index (χ3v) is 7.27. The van der Waals surface area contributed by atoms with Gasteiger partial charge >= 0.3 is 5.97 Å². The number of carbonyl (C=O) groups excluding carboxylic acids is 2. The lowest BCUT2D eigenvalue weighted by atomic mass is 9.61. The van der Waals surface area contributed by atoms with Crippen LogP contribution in [0.25, 0.3) is 0 Å². The van der Waals surface area contributed by atoms with Crippen molar-refractivity contribution in [2.75, 3.05) is 39.8 Å². The minimum absolute atomic E-state index is 0.0234. The molecule has 3 heterocycles. The van der Waals surface area contributed by atoms with Gasteiger partial charge in [-0.2, -0.15) is 0 Å². The van der Waals surface area contributed by atoms with Gasteiger partial charge in [-0.3, -0.25) is 19.3 Å². The molecule has 1 aliphatic carbocycles. The van der Waals surface area contributed by atoms with Crippen LogP contribution in [-0.4, -0.2) is 66.1 Å². The van der Waals surface area contributed by atoms with Crippen molar-refractivity contribution in [2.45, 2.75) is 31.6 Å². The fourth-order valence-electron chi connectivity index (χ4n) is 5.31. The molecule has 29 heavy (non-hydrogen) atoms. The zero-order chi connectivity index (χ0) is 20.5. The number of esters is 1. The number of aromatic nitrogens is 1. The largest absolute Gasteiger partial charge is 0.468 e. The van der Waals surface area contributed by atoms with Gasteiger partial charge < -0.3 is 14.2 Å². The molecule has 3 aliphatic rings. The second-order valence-electron chi connectivity index (χ2n) is 8.87. The number of carbonyl (C=O) groups is 2. The summed E-state index contributed by atoms with van der Waals surface area (Å²) in [5.74, 6) is 1.53. The molecule has 2 aliphatic heterocycles. The zero-order valence-electron chi connectivity index (χ0n) is 17.4. The number of aryl methyl sites for hydroxylation is 1. The molecular weight excluding hydrogens is 370 g/mol. The lowest BCUT2D eigenvalue weighted by Gasteiger charge is -2.51. The summed E-state index contributed by atoms with van der Waals surface area (Å²) in [6, 6.07) is 3.76. The number of nitrogens with zero attached hydrogens (tertiary/aromatic N) is 3. The molecule has 4 rings (SSSR count). The smallest absolute Gasteiger partial charge is 0.319 e. The Hall–Kier alpha value is -2.15. The van der Waals surface area contributed by atoms with Gasteiger partial charge in [0.25, 0.3) is 5.56 Å². The van der Waals surface area contributed by atoms with Gasteiger partial charge in [0.2, 0.25) is 5.91 Å². The number of rotatable bonds is 4. The minimum atomic E-state index is -0.205. The summed E-state index contributed by atoms with van der Waals surface area (Å²) in [6.07, 6.45) is 5.70. The van der Waals surface area contributed by atoms with Crippen molar-refractivity contribution in [3.05, 3.63) is 34.2 Å². The maximum absolute atomic E-state index is 13.1. The first kappa shape index (κ1) is 20.1. The normalized spacial score (nSPS) is 27.8. The molecule has 7 heteroatoms. The van der Waals surface area contributed by atoms with E-state index in [0.29, 0.717) is 24.3 Å². The van der Waals surface area contributed by atoms with E-state index in [0.717, 1.165) is 57.4 Å². The number of piperidine rings is 2. The van der Waals surface area contributed by atoms with Gasteiger partial charge in [0.05, 0.1) is 13.7 Å². The molecule has 0 N–H and O–H groups in total. The highest BCUT2D eigenvalue weighted by atomic mass is 16.5. The van der Waals surface area contributed by atoms with Crippen LogP contribution in [0.5, 0.6) is 0 Å². The van der Waals surface area contributed by atoms with E-state index in [1.165, 1.54) is 7.11 Å². The number of likely N-dealkylation sites (tertiary alicyclic amines) is 2. The first-order valence-electron chi connectivity index (χ1n) is 10.7. The van der Waals surface area contributed by atoms with Crippen molar-refractivity contribution in [2.24, 2.45) is 24.8 Å². The number of pyridine rings is 1. The van der Waals surface area contributed by atoms with E-state index in [2.05, 4.69) is 4.90 Å². The van der Waals surface area contributed by atoms with E-state index >= 15 is 0 Å². The van der Waals surface area contributed by atoms with Crippen LogP contribution < -0.4 is 5.56 Å². The lowest BCUT2D eigenvalue weighted by Crippen LogP contribution is -2.56. The molecule has 0 bridgehead atoms. The summed E-state index contributed by atoms with van der Waals surface area (Å²) in [7, 11) is 3.18. The molecule has 2 saturated heterocycles. The summed E-state index contributed by atoms with van der Waals surface area (Å²) < 4.78 is 6.37. The number of hydrogen-bond donors (Lipinski definition) is 0. The fourth-order valence-corrected chi connectivity index (χ4v) is 5.31. The Kier molecular flexibility index (Phi) is 5.76. The Morgan fingerprint density at radius 2 is 1.93 bits per heavy atom. The van der Waals surface area contributed by atoms with Gasteiger partial charge in [-0.15, -0.1) is 0 Å². The molecular formula is C22H31N3O4. The molecule has 3 atom stereocenters. The van der Waals surface area contributed by atoms with Gasteiger partial charge in [0, 0.05) is 44.9 Å². The van der Waals surface area contributed by atoms with Crippen molar-refractivity contribution >= 4 is 11.9 Å². The highest BCUT2D eigenvalue weighted by Crippen LogP contribution is 2.46. The first-order chi connectivity index (χ1) is 14.0. The van der Waals surface area contributed by atoms with Gasteiger partial charge in [-0.1, -0.05) is 0 Å². The van der Waals surface area contributed by atoms with E-state index in [4.69, 9.17) is 4.74 Å². The highest BCUT2D eigenvalue weighted by molar-refractivity contribution is 5.80. The van der Waals surface area contributed by atoms with Crippen molar-refractivity contribution in [3.8, 4) is 0 Å². The molecule has 0 radical (unpaired) electrons. The molecule has 3 fully saturated rings. The zero-order valence-corrected chi connectivity index (χ0v) is 17.4. The Morgan fingerprint density at radius 1 is 1.17 bits per heavy atom. The van der Waals surface area contributed by atoms with Crippen molar-refractivity contribution in [1.29, 1.82) is 0 Å². The maximum atomic E-state index is 13.1. The number of methoxy groups -OCH3 is 1. The molecule has 1 aromatic rings. The van der Waals surface area contributed by atoms with Gasteiger partial charge in [0.1, 0.15) is 0 Å². The Balaban J connectivity index is 1.31. The summed E-state index contributed by atoms with van der Waals surface area (Å²) in [5.41, 5.74) is 1.12. The Morgan fingerprint density at radius 3 is 2.62 bits per heavy atom. The molecule has 1 saturated carbocycles. The van der Waals surface area contributed by atoms with Crippen LogP contribution in [-0.2, 0) is 21.4 Å². The van der Waals surface area contributed by atoms with Crippen molar-refractivity contribution < 1.29 is 14.3 Å². The third-order valence-electron chi connectivity index (χ3n) is 7.27. The topological polar surface area (TPSA) is 71.8 Å². The van der Waals surface area contributed by atoms with Crippen LogP contribution in [0.15, 0.2) is 23.1 Å². The van der Waals surface area contributed by atoms with Crippen LogP contribution in [0.2, 0.25) is 0 Å². The summed E-state index contributed by atoms with van der Waals surface area (Å²) in [5, 5.41) is 0. The highest BCUT2D eigenvalue weighted by Gasteiger charge is 2.49. The van der Waals surface area contributed by atoms with Gasteiger partial charge in [-0.25, -0.2) is 0 Å². The predicted octanol–water partition coefficient (Wildman–Crippen LogP) is 1.22.